The van der Waals surface area contributed by atoms with Gasteiger partial charge in [0.15, 0.2) is 0 Å². The molecule has 7 nitrogen and oxygen atoms in total. The van der Waals surface area contributed by atoms with Crippen LogP contribution in [0.4, 0.5) is 4.79 Å². The van der Waals surface area contributed by atoms with E-state index in [0.29, 0.717) is 24.7 Å². The number of esters is 1. The molecule has 0 bridgehead atoms. The highest BCUT2D eigenvalue weighted by Crippen LogP contribution is 2.32. The first kappa shape index (κ1) is 21.7. The van der Waals surface area contributed by atoms with Crippen molar-refractivity contribution in [1.29, 1.82) is 0 Å². The number of para-hydroxylation sites is 1. The van der Waals surface area contributed by atoms with E-state index in [1.807, 2.05) is 54.6 Å². The SMILES string of the molecule is C=CC(=O)OCCNC(=O)Oc1cccc2c(OCCOc3ccccc3)cccc12. The molecule has 0 saturated heterocycles. The number of carbonyl (C=O) groups is 2. The van der Waals surface area contributed by atoms with E-state index in [1.165, 1.54) is 0 Å². The number of nitrogens with one attached hydrogen (secondary N) is 1. The Morgan fingerprint density at radius 3 is 2.23 bits per heavy atom. The van der Waals surface area contributed by atoms with Crippen LogP contribution in [0.2, 0.25) is 0 Å². The molecule has 0 saturated carbocycles. The van der Waals surface area contributed by atoms with E-state index in [4.69, 9.17) is 18.9 Å². The summed E-state index contributed by atoms with van der Waals surface area (Å²) in [6.07, 6.45) is 0.409. The van der Waals surface area contributed by atoms with E-state index < -0.39 is 12.1 Å². The summed E-state index contributed by atoms with van der Waals surface area (Å²) in [5, 5.41) is 4.07. The number of ether oxygens (including phenoxy) is 4. The molecule has 0 aliphatic rings. The molecule has 3 aromatic carbocycles. The van der Waals surface area contributed by atoms with E-state index in [0.717, 1.165) is 22.6 Å². The summed E-state index contributed by atoms with van der Waals surface area (Å²) in [5.74, 6) is 1.29. The van der Waals surface area contributed by atoms with Crippen LogP contribution < -0.4 is 19.5 Å². The second kappa shape index (κ2) is 11.3. The lowest BCUT2D eigenvalue weighted by atomic mass is 10.1. The van der Waals surface area contributed by atoms with Crippen molar-refractivity contribution in [1.82, 2.24) is 5.32 Å². The fraction of sp³-hybridized carbons (Fsp3) is 0.167. The second-order valence-electron chi connectivity index (χ2n) is 6.31. The van der Waals surface area contributed by atoms with Gasteiger partial charge in [0.1, 0.15) is 37.1 Å². The number of benzene rings is 3. The third-order valence-corrected chi connectivity index (χ3v) is 4.18. The van der Waals surface area contributed by atoms with E-state index in [-0.39, 0.29) is 13.2 Å². The summed E-state index contributed by atoms with van der Waals surface area (Å²) in [4.78, 5) is 23.0. The molecule has 0 aliphatic carbocycles. The summed E-state index contributed by atoms with van der Waals surface area (Å²) in [7, 11) is 0. The van der Waals surface area contributed by atoms with Crippen LogP contribution in [0.25, 0.3) is 10.8 Å². The molecule has 0 fully saturated rings. The summed E-state index contributed by atoms with van der Waals surface area (Å²) >= 11 is 0. The quantitative estimate of drug-likeness (QED) is 0.301. The Hall–Kier alpha value is -4.00. The standard InChI is InChI=1S/C24H23NO6/c1-2-23(26)30-15-14-25-24(27)31-22-13-7-10-19-20(22)11-6-12-21(19)29-17-16-28-18-8-4-3-5-9-18/h2-13H,1,14-17H2,(H,25,27). The van der Waals surface area contributed by atoms with Crippen molar-refractivity contribution in [2.45, 2.75) is 0 Å². The number of hydrogen-bond donors (Lipinski definition) is 1. The maximum Gasteiger partial charge on any atom is 0.412 e. The second-order valence-corrected chi connectivity index (χ2v) is 6.31. The number of amides is 1. The van der Waals surface area contributed by atoms with Crippen LogP contribution in [-0.4, -0.2) is 38.4 Å². The monoisotopic (exact) mass is 421 g/mol. The van der Waals surface area contributed by atoms with Crippen LogP contribution in [0.3, 0.4) is 0 Å². The molecule has 0 spiro atoms. The molecule has 31 heavy (non-hydrogen) atoms. The zero-order chi connectivity index (χ0) is 21.9. The minimum atomic E-state index is -0.648. The number of fused-ring (bicyclic) bond motifs is 1. The molecule has 1 amide bonds. The van der Waals surface area contributed by atoms with Gasteiger partial charge in [-0.2, -0.15) is 0 Å². The van der Waals surface area contributed by atoms with Gasteiger partial charge in [0.2, 0.25) is 0 Å². The van der Waals surface area contributed by atoms with Crippen molar-refractivity contribution in [2.75, 3.05) is 26.4 Å². The summed E-state index contributed by atoms with van der Waals surface area (Å²) < 4.78 is 21.7. The number of hydrogen-bond acceptors (Lipinski definition) is 6. The largest absolute Gasteiger partial charge is 0.490 e. The Bertz CT molecular complexity index is 1030. The molecule has 0 radical (unpaired) electrons. The lowest BCUT2D eigenvalue weighted by molar-refractivity contribution is -0.137. The first-order valence-corrected chi connectivity index (χ1v) is 9.74. The fourth-order valence-electron chi connectivity index (χ4n) is 2.79. The van der Waals surface area contributed by atoms with Crippen molar-refractivity contribution in [3.8, 4) is 17.2 Å². The van der Waals surface area contributed by atoms with Crippen LogP contribution >= 0.6 is 0 Å². The van der Waals surface area contributed by atoms with Gasteiger partial charge >= 0.3 is 12.1 Å². The van der Waals surface area contributed by atoms with Crippen molar-refractivity contribution in [3.63, 3.8) is 0 Å². The molecule has 1 N–H and O–H groups in total. The van der Waals surface area contributed by atoms with Gasteiger partial charge in [-0.15, -0.1) is 0 Å². The summed E-state index contributed by atoms with van der Waals surface area (Å²) in [5.41, 5.74) is 0. The number of carbonyl (C=O) groups excluding carboxylic acids is 2. The van der Waals surface area contributed by atoms with E-state index in [9.17, 15) is 9.59 Å². The van der Waals surface area contributed by atoms with Gasteiger partial charge in [-0.25, -0.2) is 9.59 Å². The first-order chi connectivity index (χ1) is 15.2. The smallest absolute Gasteiger partial charge is 0.412 e. The highest BCUT2D eigenvalue weighted by Gasteiger charge is 2.11. The van der Waals surface area contributed by atoms with Crippen LogP contribution in [0, 0.1) is 0 Å². The lowest BCUT2D eigenvalue weighted by Gasteiger charge is -2.13. The Kier molecular flexibility index (Phi) is 7.88. The third kappa shape index (κ3) is 6.50. The maximum absolute atomic E-state index is 12.1. The van der Waals surface area contributed by atoms with Gasteiger partial charge in [0.05, 0.1) is 6.54 Å². The highest BCUT2D eigenvalue weighted by molar-refractivity contribution is 5.94. The minimum absolute atomic E-state index is 0.0263. The highest BCUT2D eigenvalue weighted by atomic mass is 16.6. The average Bonchev–Trinajstić information content (AvgIpc) is 2.80. The topological polar surface area (TPSA) is 83.1 Å². The molecule has 0 unspecified atom stereocenters. The normalized spacial score (nSPS) is 10.2. The zero-order valence-corrected chi connectivity index (χ0v) is 16.9. The number of rotatable bonds is 10. The Labute approximate surface area is 180 Å². The van der Waals surface area contributed by atoms with Crippen LogP contribution in [0.1, 0.15) is 0 Å². The predicted octanol–water partition coefficient (Wildman–Crippen LogP) is 4.12. The lowest BCUT2D eigenvalue weighted by Crippen LogP contribution is -2.30. The summed E-state index contributed by atoms with van der Waals surface area (Å²) in [6.45, 7) is 4.21. The van der Waals surface area contributed by atoms with Gasteiger partial charge < -0.3 is 24.3 Å². The Morgan fingerprint density at radius 1 is 0.806 bits per heavy atom. The molecule has 0 aliphatic heterocycles. The molecule has 160 valence electrons. The van der Waals surface area contributed by atoms with Crippen LogP contribution in [0.15, 0.2) is 79.4 Å². The molecule has 3 rings (SSSR count). The Morgan fingerprint density at radius 2 is 1.48 bits per heavy atom. The molecule has 7 heteroatoms. The molecular weight excluding hydrogens is 398 g/mol. The van der Waals surface area contributed by atoms with Gasteiger partial charge in [-0.1, -0.05) is 49.0 Å². The van der Waals surface area contributed by atoms with Gasteiger partial charge in [0.25, 0.3) is 0 Å². The van der Waals surface area contributed by atoms with E-state index >= 15 is 0 Å². The van der Waals surface area contributed by atoms with Gasteiger partial charge in [-0.3, -0.25) is 0 Å². The molecule has 0 aromatic heterocycles. The molecule has 0 heterocycles. The average molecular weight is 421 g/mol. The molecular formula is C24H23NO6. The predicted molar refractivity (Wildman–Crippen MR) is 117 cm³/mol. The van der Waals surface area contributed by atoms with Crippen LogP contribution in [-0.2, 0) is 9.53 Å². The first-order valence-electron chi connectivity index (χ1n) is 9.74. The van der Waals surface area contributed by atoms with E-state index in [1.54, 1.807) is 12.1 Å². The minimum Gasteiger partial charge on any atom is -0.490 e. The molecule has 0 atom stereocenters. The van der Waals surface area contributed by atoms with Crippen LogP contribution in [0.5, 0.6) is 17.2 Å². The van der Waals surface area contributed by atoms with Crippen molar-refractivity contribution in [2.24, 2.45) is 0 Å². The van der Waals surface area contributed by atoms with E-state index in [2.05, 4.69) is 11.9 Å². The van der Waals surface area contributed by atoms with Gasteiger partial charge in [-0.05, 0) is 24.3 Å². The summed E-state index contributed by atoms with van der Waals surface area (Å²) in [6, 6.07) is 20.4. The maximum atomic E-state index is 12.1. The van der Waals surface area contributed by atoms with Crippen molar-refractivity contribution < 1.29 is 28.5 Å². The Balaban J connectivity index is 1.56. The fourth-order valence-corrected chi connectivity index (χ4v) is 2.79. The third-order valence-electron chi connectivity index (χ3n) is 4.18. The zero-order valence-electron chi connectivity index (χ0n) is 16.9. The molecule has 3 aromatic rings. The van der Waals surface area contributed by atoms with Gasteiger partial charge in [0, 0.05) is 16.8 Å². The van der Waals surface area contributed by atoms with Crippen molar-refractivity contribution in [3.05, 3.63) is 79.4 Å². The van der Waals surface area contributed by atoms with Crippen molar-refractivity contribution >= 4 is 22.8 Å².